The Balaban J connectivity index is 1.50. The van der Waals surface area contributed by atoms with Crippen LogP contribution in [0.25, 0.3) is 21.1 Å². The number of fused-ring (bicyclic) bond motifs is 1. The molecule has 4 rings (SSSR count). The van der Waals surface area contributed by atoms with E-state index >= 15 is 4.39 Å². The zero-order chi connectivity index (χ0) is 30.8. The van der Waals surface area contributed by atoms with E-state index in [1.54, 1.807) is 53.7 Å². The molecule has 0 saturated carbocycles. The fourth-order valence-corrected chi connectivity index (χ4v) is 4.70. The van der Waals surface area contributed by atoms with Crippen LogP contribution in [0.5, 0.6) is 0 Å². The Bertz CT molecular complexity index is 1620. The van der Waals surface area contributed by atoms with E-state index in [9.17, 15) is 19.2 Å². The van der Waals surface area contributed by atoms with Crippen molar-refractivity contribution >= 4 is 45.8 Å². The molecule has 224 valence electrons. The molecule has 3 amide bonds. The number of rotatable bonds is 5. The maximum Gasteiger partial charge on any atom is 0.410 e. The summed E-state index contributed by atoms with van der Waals surface area (Å²) in [6, 6.07) is 3.14. The summed E-state index contributed by atoms with van der Waals surface area (Å²) in [5.74, 6) is -1.40. The van der Waals surface area contributed by atoms with E-state index in [0.29, 0.717) is 22.6 Å². The summed E-state index contributed by atoms with van der Waals surface area (Å²) in [7, 11) is 0. The van der Waals surface area contributed by atoms with Crippen LogP contribution in [0.1, 0.15) is 53.7 Å². The summed E-state index contributed by atoms with van der Waals surface area (Å²) in [4.78, 5) is 59.4. The second-order valence-corrected chi connectivity index (χ2v) is 12.4. The first-order valence-corrected chi connectivity index (χ1v) is 13.9. The van der Waals surface area contributed by atoms with Crippen molar-refractivity contribution in [3.8, 4) is 10.6 Å². The molecule has 0 spiro atoms. The summed E-state index contributed by atoms with van der Waals surface area (Å²) in [5, 5.41) is 9.50. The van der Waals surface area contributed by atoms with Crippen molar-refractivity contribution in [1.82, 2.24) is 29.8 Å². The van der Waals surface area contributed by atoms with Crippen LogP contribution < -0.4 is 16.2 Å². The highest BCUT2D eigenvalue weighted by atomic mass is 32.1. The minimum Gasteiger partial charge on any atom is -0.444 e. The van der Waals surface area contributed by atoms with E-state index in [0.717, 1.165) is 15.9 Å². The fourth-order valence-electron chi connectivity index (χ4n) is 3.82. The molecule has 0 unspecified atom stereocenters. The Morgan fingerprint density at radius 3 is 2.48 bits per heavy atom. The number of carbonyl (C=O) groups excluding carboxylic acids is 3. The zero-order valence-electron chi connectivity index (χ0n) is 24.1. The lowest BCUT2D eigenvalue weighted by atomic mass is 10.0. The molecule has 3 aromatic rings. The van der Waals surface area contributed by atoms with Crippen molar-refractivity contribution in [2.75, 3.05) is 25.0 Å². The number of nitrogens with zero attached hydrogens (tertiary/aromatic N) is 5. The number of ether oxygens (including phenoxy) is 2. The zero-order valence-corrected chi connectivity index (χ0v) is 24.9. The Morgan fingerprint density at radius 2 is 1.83 bits per heavy atom. The van der Waals surface area contributed by atoms with Crippen molar-refractivity contribution in [3.63, 3.8) is 0 Å². The Kier molecular flexibility index (Phi) is 8.61. The van der Waals surface area contributed by atoms with Gasteiger partial charge in [0.05, 0.1) is 0 Å². The molecular weight excluding hydrogens is 569 g/mol. The standard InChI is InChI=1S/C27H32FN7O6S/c1-26(2,3)40-24(38)30-14-18(36)31-17-13-16(7-10-29-17)21-33-35-22(37)19(28)20(32-23(35)42-21)15-8-11-34(12-9-15)25(39)41-27(4,5)6/h7-8,10,13H,9,11-12,14H2,1-6H3,(H,30,38)(H,29,31,36). The number of hydrogen-bond acceptors (Lipinski definition) is 10. The van der Waals surface area contributed by atoms with Gasteiger partial charge in [-0.1, -0.05) is 17.4 Å². The Hall–Kier alpha value is -4.40. The molecule has 4 heterocycles. The number of hydrogen-bond donors (Lipinski definition) is 2. The summed E-state index contributed by atoms with van der Waals surface area (Å²) in [5.41, 5.74) is -1.37. The molecule has 1 aliphatic heterocycles. The van der Waals surface area contributed by atoms with Crippen LogP contribution in [0.2, 0.25) is 0 Å². The van der Waals surface area contributed by atoms with Gasteiger partial charge < -0.3 is 25.0 Å². The first kappa shape index (κ1) is 30.6. The van der Waals surface area contributed by atoms with E-state index in [1.165, 1.54) is 17.2 Å². The van der Waals surface area contributed by atoms with E-state index < -0.39 is 40.7 Å². The largest absolute Gasteiger partial charge is 0.444 e. The lowest BCUT2D eigenvalue weighted by Gasteiger charge is -2.29. The number of alkyl carbamates (subject to hydrolysis) is 1. The summed E-state index contributed by atoms with van der Waals surface area (Å²) < 4.78 is 26.5. The number of aromatic nitrogens is 4. The third-order valence-corrected chi connectivity index (χ3v) is 6.54. The minimum absolute atomic E-state index is 0.0841. The predicted molar refractivity (Wildman–Crippen MR) is 154 cm³/mol. The van der Waals surface area contributed by atoms with Crippen molar-refractivity contribution in [2.45, 2.75) is 59.2 Å². The monoisotopic (exact) mass is 601 g/mol. The van der Waals surface area contributed by atoms with Gasteiger partial charge in [0.25, 0.3) is 0 Å². The maximum atomic E-state index is 15.2. The van der Waals surface area contributed by atoms with Crippen molar-refractivity contribution < 1.29 is 28.2 Å². The van der Waals surface area contributed by atoms with E-state index in [4.69, 9.17) is 9.47 Å². The van der Waals surface area contributed by atoms with Gasteiger partial charge in [0.1, 0.15) is 34.3 Å². The van der Waals surface area contributed by atoms with Crippen LogP contribution in [-0.4, -0.2) is 73.4 Å². The molecular formula is C27H32FN7O6S. The van der Waals surface area contributed by atoms with Gasteiger partial charge in [-0.2, -0.15) is 14.0 Å². The van der Waals surface area contributed by atoms with Gasteiger partial charge in [0.2, 0.25) is 16.7 Å². The van der Waals surface area contributed by atoms with Gasteiger partial charge in [-0.15, -0.1) is 0 Å². The van der Waals surface area contributed by atoms with Gasteiger partial charge in [-0.3, -0.25) is 9.59 Å². The van der Waals surface area contributed by atoms with Crippen LogP contribution >= 0.6 is 11.3 Å². The molecule has 0 saturated heterocycles. The summed E-state index contributed by atoms with van der Waals surface area (Å²) >= 11 is 1.06. The van der Waals surface area contributed by atoms with E-state index in [2.05, 4.69) is 25.7 Å². The van der Waals surface area contributed by atoms with Crippen LogP contribution in [0.15, 0.2) is 29.2 Å². The number of halogens is 1. The van der Waals surface area contributed by atoms with Gasteiger partial charge in [0.15, 0.2) is 0 Å². The summed E-state index contributed by atoms with van der Waals surface area (Å²) in [6.07, 6.45) is 2.18. The van der Waals surface area contributed by atoms with Gasteiger partial charge >= 0.3 is 17.7 Å². The summed E-state index contributed by atoms with van der Waals surface area (Å²) in [6.45, 7) is 10.6. The minimum atomic E-state index is -1.04. The highest BCUT2D eigenvalue weighted by Crippen LogP contribution is 2.28. The maximum absolute atomic E-state index is 15.2. The average Bonchev–Trinajstić information content (AvgIpc) is 3.32. The Morgan fingerprint density at radius 1 is 1.12 bits per heavy atom. The van der Waals surface area contributed by atoms with Gasteiger partial charge in [0, 0.05) is 24.8 Å². The number of anilines is 1. The molecule has 0 aromatic carbocycles. The second kappa shape index (κ2) is 11.8. The van der Waals surface area contributed by atoms with E-state index in [1.807, 2.05) is 0 Å². The first-order valence-electron chi connectivity index (χ1n) is 13.1. The molecule has 3 aromatic heterocycles. The smallest absolute Gasteiger partial charge is 0.410 e. The van der Waals surface area contributed by atoms with E-state index in [-0.39, 0.29) is 36.1 Å². The number of amides is 3. The number of nitrogens with one attached hydrogen (secondary N) is 2. The SMILES string of the molecule is CC(C)(C)OC(=O)NCC(=O)Nc1cc(-c2nn3c(=O)c(F)c(C4=CCN(C(=O)OC(C)(C)C)CC4)nc3s2)ccn1. The molecule has 15 heteroatoms. The predicted octanol–water partition coefficient (Wildman–Crippen LogP) is 3.84. The molecule has 0 fully saturated rings. The normalized spacial score (nSPS) is 13.9. The molecule has 0 atom stereocenters. The average molecular weight is 602 g/mol. The lowest BCUT2D eigenvalue weighted by molar-refractivity contribution is -0.115. The van der Waals surface area contributed by atoms with Crippen molar-refractivity contribution in [3.05, 3.63) is 46.3 Å². The molecule has 1 aliphatic rings. The van der Waals surface area contributed by atoms with Gasteiger partial charge in [-0.25, -0.2) is 19.6 Å². The highest BCUT2D eigenvalue weighted by Gasteiger charge is 2.27. The van der Waals surface area contributed by atoms with Gasteiger partial charge in [-0.05, 0) is 65.7 Å². The second-order valence-electron chi connectivity index (χ2n) is 11.4. The third kappa shape index (κ3) is 7.66. The van der Waals surface area contributed by atoms with Crippen molar-refractivity contribution in [1.29, 1.82) is 0 Å². The van der Waals surface area contributed by atoms with Crippen LogP contribution in [0, 0.1) is 5.82 Å². The molecule has 0 radical (unpaired) electrons. The van der Waals surface area contributed by atoms with Crippen LogP contribution in [0.4, 0.5) is 19.8 Å². The number of pyridine rings is 1. The highest BCUT2D eigenvalue weighted by molar-refractivity contribution is 7.19. The number of carbonyl (C=O) groups is 3. The Labute approximate surface area is 244 Å². The molecule has 0 aliphatic carbocycles. The lowest BCUT2D eigenvalue weighted by Crippen LogP contribution is -2.39. The van der Waals surface area contributed by atoms with Crippen LogP contribution in [0.3, 0.4) is 0 Å². The van der Waals surface area contributed by atoms with Crippen LogP contribution in [-0.2, 0) is 14.3 Å². The third-order valence-electron chi connectivity index (χ3n) is 5.59. The molecule has 0 bridgehead atoms. The molecule has 13 nitrogen and oxygen atoms in total. The van der Waals surface area contributed by atoms with Crippen molar-refractivity contribution in [2.24, 2.45) is 0 Å². The molecule has 2 N–H and O–H groups in total. The first-order chi connectivity index (χ1) is 19.6. The quantitative estimate of drug-likeness (QED) is 0.443. The fraction of sp³-hybridized carbons (Fsp3) is 0.444. The molecule has 42 heavy (non-hydrogen) atoms. The topological polar surface area (TPSA) is 157 Å².